The number of piperazine rings is 1. The van der Waals surface area contributed by atoms with Gasteiger partial charge in [0.05, 0.1) is 12.7 Å². The SMILES string of the molecule is CCOc1ccc(CN2CCN(CC(O)CC)CC2)cc1. The van der Waals surface area contributed by atoms with Crippen LogP contribution in [0, 0.1) is 0 Å². The number of β-amino-alcohol motifs (C(OH)–C–C–N with tert-alkyl or cyclic N) is 1. The zero-order valence-corrected chi connectivity index (χ0v) is 13.3. The van der Waals surface area contributed by atoms with E-state index in [1.807, 2.05) is 26.0 Å². The number of nitrogens with zero attached hydrogens (tertiary/aromatic N) is 2. The molecule has 0 radical (unpaired) electrons. The number of rotatable bonds is 7. The molecule has 1 fully saturated rings. The van der Waals surface area contributed by atoms with Crippen molar-refractivity contribution < 1.29 is 9.84 Å². The summed E-state index contributed by atoms with van der Waals surface area (Å²) in [6.45, 7) is 10.8. The second kappa shape index (κ2) is 8.37. The molecule has 1 aromatic rings. The third-order valence-corrected chi connectivity index (χ3v) is 4.05. The molecule has 1 N–H and O–H groups in total. The van der Waals surface area contributed by atoms with E-state index in [4.69, 9.17) is 4.74 Å². The topological polar surface area (TPSA) is 35.9 Å². The molecule has 1 heterocycles. The van der Waals surface area contributed by atoms with Crippen LogP contribution in [0.15, 0.2) is 24.3 Å². The van der Waals surface area contributed by atoms with E-state index >= 15 is 0 Å². The molecule has 1 aromatic carbocycles. The summed E-state index contributed by atoms with van der Waals surface area (Å²) in [5.74, 6) is 0.944. The Kier molecular flexibility index (Phi) is 6.49. The first-order valence-corrected chi connectivity index (χ1v) is 8.05. The van der Waals surface area contributed by atoms with Crippen molar-refractivity contribution >= 4 is 0 Å². The molecule has 1 unspecified atom stereocenters. The summed E-state index contributed by atoms with van der Waals surface area (Å²) in [6.07, 6.45) is 0.662. The highest BCUT2D eigenvalue weighted by atomic mass is 16.5. The van der Waals surface area contributed by atoms with Gasteiger partial charge in [-0.25, -0.2) is 0 Å². The highest BCUT2D eigenvalue weighted by molar-refractivity contribution is 5.27. The summed E-state index contributed by atoms with van der Waals surface area (Å²) >= 11 is 0. The molecule has 4 heteroatoms. The van der Waals surface area contributed by atoms with Gasteiger partial charge in [0, 0.05) is 39.3 Å². The molecule has 0 saturated carbocycles. The third kappa shape index (κ3) is 5.30. The summed E-state index contributed by atoms with van der Waals surface area (Å²) in [5, 5.41) is 9.71. The average molecular weight is 292 g/mol. The Bertz CT molecular complexity index is 400. The highest BCUT2D eigenvalue weighted by Gasteiger charge is 2.18. The van der Waals surface area contributed by atoms with Crippen LogP contribution in [0.5, 0.6) is 5.75 Å². The second-order valence-corrected chi connectivity index (χ2v) is 5.72. The Morgan fingerprint density at radius 3 is 2.24 bits per heavy atom. The maximum absolute atomic E-state index is 9.71. The van der Waals surface area contributed by atoms with E-state index in [1.165, 1.54) is 5.56 Å². The fourth-order valence-corrected chi connectivity index (χ4v) is 2.67. The van der Waals surface area contributed by atoms with Gasteiger partial charge in [0.2, 0.25) is 0 Å². The monoisotopic (exact) mass is 292 g/mol. The zero-order valence-electron chi connectivity index (χ0n) is 13.3. The lowest BCUT2D eigenvalue weighted by Crippen LogP contribution is -2.48. The lowest BCUT2D eigenvalue weighted by Gasteiger charge is -2.35. The standard InChI is InChI=1S/C17H28N2O2/c1-3-16(20)14-19-11-9-18(10-12-19)13-15-5-7-17(8-6-15)21-4-2/h5-8,16,20H,3-4,9-14H2,1-2H3. The summed E-state index contributed by atoms with van der Waals surface area (Å²) in [4.78, 5) is 4.84. The summed E-state index contributed by atoms with van der Waals surface area (Å²) in [6, 6.07) is 8.40. The van der Waals surface area contributed by atoms with Gasteiger partial charge in [-0.2, -0.15) is 0 Å². The van der Waals surface area contributed by atoms with Gasteiger partial charge in [0.15, 0.2) is 0 Å². The molecule has 1 aliphatic rings. The molecular formula is C17H28N2O2. The molecule has 0 bridgehead atoms. The fourth-order valence-electron chi connectivity index (χ4n) is 2.67. The Morgan fingerprint density at radius 2 is 1.67 bits per heavy atom. The lowest BCUT2D eigenvalue weighted by atomic mass is 10.2. The van der Waals surface area contributed by atoms with Crippen LogP contribution < -0.4 is 4.74 Å². The van der Waals surface area contributed by atoms with E-state index in [9.17, 15) is 5.11 Å². The Balaban J connectivity index is 1.75. The van der Waals surface area contributed by atoms with Crippen LogP contribution in [0.25, 0.3) is 0 Å². The van der Waals surface area contributed by atoms with Gasteiger partial charge in [0.1, 0.15) is 5.75 Å². The van der Waals surface area contributed by atoms with Crippen molar-refractivity contribution in [2.24, 2.45) is 0 Å². The molecule has 1 saturated heterocycles. The predicted molar refractivity (Wildman–Crippen MR) is 85.6 cm³/mol. The molecule has 0 aliphatic carbocycles. The molecular weight excluding hydrogens is 264 g/mol. The smallest absolute Gasteiger partial charge is 0.119 e. The predicted octanol–water partition coefficient (Wildman–Crippen LogP) is 1.97. The first-order valence-electron chi connectivity index (χ1n) is 8.05. The lowest BCUT2D eigenvalue weighted by molar-refractivity contribution is 0.0687. The van der Waals surface area contributed by atoms with Gasteiger partial charge in [-0.15, -0.1) is 0 Å². The van der Waals surface area contributed by atoms with Gasteiger partial charge in [0.25, 0.3) is 0 Å². The second-order valence-electron chi connectivity index (χ2n) is 5.72. The first kappa shape index (κ1) is 16.3. The van der Waals surface area contributed by atoms with Gasteiger partial charge in [-0.05, 0) is 31.0 Å². The van der Waals surface area contributed by atoms with Gasteiger partial charge in [-0.1, -0.05) is 19.1 Å². The van der Waals surface area contributed by atoms with Crippen molar-refractivity contribution in [1.29, 1.82) is 0 Å². The minimum absolute atomic E-state index is 0.178. The van der Waals surface area contributed by atoms with Crippen molar-refractivity contribution in [3.8, 4) is 5.75 Å². The molecule has 0 spiro atoms. The van der Waals surface area contributed by atoms with Crippen LogP contribution in [0.3, 0.4) is 0 Å². The van der Waals surface area contributed by atoms with Gasteiger partial charge >= 0.3 is 0 Å². The third-order valence-electron chi connectivity index (χ3n) is 4.05. The van der Waals surface area contributed by atoms with E-state index in [1.54, 1.807) is 0 Å². The number of aliphatic hydroxyl groups excluding tert-OH is 1. The minimum atomic E-state index is -0.178. The normalized spacial score (nSPS) is 18.6. The highest BCUT2D eigenvalue weighted by Crippen LogP contribution is 2.14. The van der Waals surface area contributed by atoms with Crippen LogP contribution in [0.2, 0.25) is 0 Å². The molecule has 2 rings (SSSR count). The van der Waals surface area contributed by atoms with Crippen LogP contribution in [0.4, 0.5) is 0 Å². The van der Waals surface area contributed by atoms with Crippen LogP contribution in [0.1, 0.15) is 25.8 Å². The molecule has 1 aliphatic heterocycles. The largest absolute Gasteiger partial charge is 0.494 e. The number of benzene rings is 1. The summed E-state index contributed by atoms with van der Waals surface area (Å²) in [7, 11) is 0. The van der Waals surface area contributed by atoms with E-state index < -0.39 is 0 Å². The molecule has 0 amide bonds. The zero-order chi connectivity index (χ0) is 15.1. The van der Waals surface area contributed by atoms with Crippen molar-refractivity contribution in [3.63, 3.8) is 0 Å². The molecule has 21 heavy (non-hydrogen) atoms. The van der Waals surface area contributed by atoms with Crippen LogP contribution in [-0.4, -0.2) is 60.3 Å². The summed E-state index contributed by atoms with van der Waals surface area (Å²) in [5.41, 5.74) is 1.33. The Hall–Kier alpha value is -1.10. The first-order chi connectivity index (χ1) is 10.2. The fraction of sp³-hybridized carbons (Fsp3) is 0.647. The van der Waals surface area contributed by atoms with E-state index in [-0.39, 0.29) is 6.10 Å². The quantitative estimate of drug-likeness (QED) is 0.833. The number of hydrogen-bond acceptors (Lipinski definition) is 4. The van der Waals surface area contributed by atoms with E-state index in [2.05, 4.69) is 21.9 Å². The minimum Gasteiger partial charge on any atom is -0.494 e. The number of hydrogen-bond donors (Lipinski definition) is 1. The van der Waals surface area contributed by atoms with Gasteiger partial charge in [-0.3, -0.25) is 9.80 Å². The molecule has 4 nitrogen and oxygen atoms in total. The van der Waals surface area contributed by atoms with Crippen LogP contribution in [-0.2, 0) is 6.54 Å². The number of ether oxygens (including phenoxy) is 1. The van der Waals surface area contributed by atoms with Crippen molar-refractivity contribution in [1.82, 2.24) is 9.80 Å². The Morgan fingerprint density at radius 1 is 1.05 bits per heavy atom. The van der Waals surface area contributed by atoms with Crippen LogP contribution >= 0.6 is 0 Å². The van der Waals surface area contributed by atoms with E-state index in [0.29, 0.717) is 6.61 Å². The average Bonchev–Trinajstić information content (AvgIpc) is 2.51. The maximum atomic E-state index is 9.71. The number of aliphatic hydroxyl groups is 1. The van der Waals surface area contributed by atoms with Crippen molar-refractivity contribution in [2.45, 2.75) is 32.9 Å². The summed E-state index contributed by atoms with van der Waals surface area (Å²) < 4.78 is 5.47. The van der Waals surface area contributed by atoms with E-state index in [0.717, 1.165) is 51.4 Å². The van der Waals surface area contributed by atoms with Crippen molar-refractivity contribution in [3.05, 3.63) is 29.8 Å². The molecule has 0 aromatic heterocycles. The molecule has 1 atom stereocenters. The maximum Gasteiger partial charge on any atom is 0.119 e. The van der Waals surface area contributed by atoms with Crippen molar-refractivity contribution in [2.75, 3.05) is 39.3 Å². The molecule has 118 valence electrons. The Labute approximate surface area is 128 Å². The van der Waals surface area contributed by atoms with Gasteiger partial charge < -0.3 is 9.84 Å².